The van der Waals surface area contributed by atoms with Crippen LogP contribution in [-0.2, 0) is 11.2 Å². The Balaban J connectivity index is 1.62. The lowest BCUT2D eigenvalue weighted by atomic mass is 10.1. The van der Waals surface area contributed by atoms with Crippen molar-refractivity contribution in [2.45, 2.75) is 44.2 Å². The van der Waals surface area contributed by atoms with Gasteiger partial charge in [-0.15, -0.1) is 0 Å². The fraction of sp³-hybridized carbons (Fsp3) is 0.438. The van der Waals surface area contributed by atoms with Crippen molar-refractivity contribution in [3.05, 3.63) is 46.8 Å². The maximum absolute atomic E-state index is 13.4. The van der Waals surface area contributed by atoms with E-state index in [0.29, 0.717) is 18.9 Å². The number of aryl methyl sites for hydroxylation is 1. The predicted molar refractivity (Wildman–Crippen MR) is 77.1 cm³/mol. The van der Waals surface area contributed by atoms with Gasteiger partial charge >= 0.3 is 0 Å². The number of halogens is 2. The number of carbonyl (C=O) groups excluding carboxylic acids is 1. The van der Waals surface area contributed by atoms with E-state index in [1.807, 2.05) is 4.90 Å². The van der Waals surface area contributed by atoms with Crippen LogP contribution in [0.15, 0.2) is 30.4 Å². The summed E-state index contributed by atoms with van der Waals surface area (Å²) < 4.78 is 13.4. The maximum Gasteiger partial charge on any atom is 0.223 e. The molecule has 1 amide bonds. The molecular weight excluding hydrogens is 277 g/mol. The highest BCUT2D eigenvalue weighted by atomic mass is 35.5. The van der Waals surface area contributed by atoms with E-state index >= 15 is 0 Å². The van der Waals surface area contributed by atoms with Gasteiger partial charge in [0.1, 0.15) is 5.82 Å². The van der Waals surface area contributed by atoms with Gasteiger partial charge in [0, 0.05) is 12.5 Å². The molecule has 0 radical (unpaired) electrons. The molecule has 0 aliphatic carbocycles. The second-order valence-electron chi connectivity index (χ2n) is 5.51. The SMILES string of the molecule is O=C(CCc1ccc(Cl)c(F)c1)N1C2C=CCC1CC2. The summed E-state index contributed by atoms with van der Waals surface area (Å²) in [6, 6.07) is 5.40. The average Bonchev–Trinajstić information content (AvgIpc) is 2.69. The van der Waals surface area contributed by atoms with Crippen molar-refractivity contribution in [3.63, 3.8) is 0 Å². The van der Waals surface area contributed by atoms with Crippen molar-refractivity contribution >= 4 is 17.5 Å². The van der Waals surface area contributed by atoms with E-state index in [9.17, 15) is 9.18 Å². The van der Waals surface area contributed by atoms with Crippen molar-refractivity contribution in [2.75, 3.05) is 0 Å². The third kappa shape index (κ3) is 2.59. The number of fused-ring (bicyclic) bond motifs is 2. The van der Waals surface area contributed by atoms with Crippen molar-refractivity contribution in [2.24, 2.45) is 0 Å². The maximum atomic E-state index is 13.4. The lowest BCUT2D eigenvalue weighted by Gasteiger charge is -2.31. The molecule has 20 heavy (non-hydrogen) atoms. The Morgan fingerprint density at radius 3 is 3.00 bits per heavy atom. The van der Waals surface area contributed by atoms with Crippen LogP contribution < -0.4 is 0 Å². The Morgan fingerprint density at radius 2 is 2.25 bits per heavy atom. The lowest BCUT2D eigenvalue weighted by molar-refractivity contribution is -0.133. The van der Waals surface area contributed by atoms with E-state index in [-0.39, 0.29) is 17.0 Å². The smallest absolute Gasteiger partial charge is 0.223 e. The number of benzene rings is 1. The van der Waals surface area contributed by atoms with Crippen LogP contribution in [0.2, 0.25) is 5.02 Å². The Bertz CT molecular complexity index is 557. The summed E-state index contributed by atoms with van der Waals surface area (Å²) in [5.74, 6) is -0.241. The monoisotopic (exact) mass is 293 g/mol. The highest BCUT2D eigenvalue weighted by Gasteiger charge is 2.36. The van der Waals surface area contributed by atoms with Crippen LogP contribution in [0.4, 0.5) is 4.39 Å². The molecule has 2 unspecified atom stereocenters. The zero-order valence-electron chi connectivity index (χ0n) is 11.2. The number of carbonyl (C=O) groups is 1. The van der Waals surface area contributed by atoms with E-state index in [1.54, 1.807) is 12.1 Å². The number of nitrogens with zero attached hydrogens (tertiary/aromatic N) is 1. The Hall–Kier alpha value is -1.35. The molecule has 1 saturated heterocycles. The van der Waals surface area contributed by atoms with E-state index in [1.165, 1.54) is 6.07 Å². The van der Waals surface area contributed by atoms with Gasteiger partial charge < -0.3 is 4.90 Å². The van der Waals surface area contributed by atoms with Gasteiger partial charge in [-0.1, -0.05) is 29.8 Å². The minimum absolute atomic E-state index is 0.124. The molecule has 0 spiro atoms. The van der Waals surface area contributed by atoms with Gasteiger partial charge in [-0.3, -0.25) is 4.79 Å². The van der Waals surface area contributed by atoms with Crippen molar-refractivity contribution in [3.8, 4) is 0 Å². The van der Waals surface area contributed by atoms with Crippen LogP contribution >= 0.6 is 11.6 Å². The highest BCUT2D eigenvalue weighted by Crippen LogP contribution is 2.32. The van der Waals surface area contributed by atoms with Crippen LogP contribution in [0.25, 0.3) is 0 Å². The molecule has 2 aliphatic rings. The molecule has 0 aromatic heterocycles. The first-order chi connectivity index (χ1) is 9.65. The molecule has 0 N–H and O–H groups in total. The van der Waals surface area contributed by atoms with Gasteiger partial charge in [-0.2, -0.15) is 0 Å². The van der Waals surface area contributed by atoms with Gasteiger partial charge in [-0.25, -0.2) is 4.39 Å². The molecule has 2 bridgehead atoms. The number of amides is 1. The van der Waals surface area contributed by atoms with Crippen LogP contribution in [0.5, 0.6) is 0 Å². The second kappa shape index (κ2) is 5.57. The third-order valence-electron chi connectivity index (χ3n) is 4.21. The van der Waals surface area contributed by atoms with Crippen LogP contribution in [0.1, 0.15) is 31.2 Å². The third-order valence-corrected chi connectivity index (χ3v) is 4.52. The fourth-order valence-electron chi connectivity index (χ4n) is 3.19. The summed E-state index contributed by atoms with van der Waals surface area (Å²) >= 11 is 5.65. The second-order valence-corrected chi connectivity index (χ2v) is 5.92. The lowest BCUT2D eigenvalue weighted by Crippen LogP contribution is -2.42. The van der Waals surface area contributed by atoms with E-state index in [0.717, 1.165) is 24.8 Å². The summed E-state index contributed by atoms with van der Waals surface area (Å²) in [5, 5.41) is 0.124. The topological polar surface area (TPSA) is 20.3 Å². The zero-order valence-corrected chi connectivity index (χ0v) is 11.9. The van der Waals surface area contributed by atoms with Gasteiger partial charge in [-0.05, 0) is 43.4 Å². The molecule has 2 heterocycles. The number of rotatable bonds is 3. The van der Waals surface area contributed by atoms with E-state index < -0.39 is 5.82 Å². The molecule has 1 aromatic rings. The summed E-state index contributed by atoms with van der Waals surface area (Å²) in [6.45, 7) is 0. The van der Waals surface area contributed by atoms with Gasteiger partial charge in [0.2, 0.25) is 5.91 Å². The molecule has 4 heteroatoms. The highest BCUT2D eigenvalue weighted by molar-refractivity contribution is 6.30. The van der Waals surface area contributed by atoms with Crippen LogP contribution in [0.3, 0.4) is 0 Å². The van der Waals surface area contributed by atoms with Crippen LogP contribution in [-0.4, -0.2) is 22.9 Å². The molecule has 1 fully saturated rings. The minimum Gasteiger partial charge on any atom is -0.333 e. The molecule has 3 rings (SSSR count). The van der Waals surface area contributed by atoms with Crippen molar-refractivity contribution in [1.29, 1.82) is 0 Å². The first kappa shape index (κ1) is 13.6. The Labute approximate surface area is 123 Å². The zero-order chi connectivity index (χ0) is 14.1. The molecular formula is C16H17ClFNO. The first-order valence-corrected chi connectivity index (χ1v) is 7.44. The largest absolute Gasteiger partial charge is 0.333 e. The fourth-order valence-corrected chi connectivity index (χ4v) is 3.31. The van der Waals surface area contributed by atoms with E-state index in [4.69, 9.17) is 11.6 Å². The molecule has 106 valence electrons. The van der Waals surface area contributed by atoms with Crippen molar-refractivity contribution < 1.29 is 9.18 Å². The molecule has 2 nitrogen and oxygen atoms in total. The van der Waals surface area contributed by atoms with Gasteiger partial charge in [0.25, 0.3) is 0 Å². The standard InChI is InChI=1S/C16H17ClFNO/c17-14-8-4-11(10-15(14)18)5-9-16(20)19-12-2-1-3-13(19)7-6-12/h1-2,4,8,10,12-13H,3,5-7,9H2. The summed E-state index contributed by atoms with van der Waals surface area (Å²) in [7, 11) is 0. The van der Waals surface area contributed by atoms with Crippen LogP contribution in [0, 0.1) is 5.82 Å². The van der Waals surface area contributed by atoms with Gasteiger partial charge in [0.15, 0.2) is 0 Å². The van der Waals surface area contributed by atoms with Gasteiger partial charge in [0.05, 0.1) is 11.1 Å². The first-order valence-electron chi connectivity index (χ1n) is 7.07. The summed E-state index contributed by atoms with van der Waals surface area (Å²) in [6.07, 6.45) is 8.46. The quantitative estimate of drug-likeness (QED) is 0.778. The average molecular weight is 294 g/mol. The molecule has 2 atom stereocenters. The summed E-state index contributed by atoms with van der Waals surface area (Å²) in [4.78, 5) is 14.4. The summed E-state index contributed by atoms with van der Waals surface area (Å²) in [5.41, 5.74) is 0.820. The molecule has 2 aliphatic heterocycles. The minimum atomic E-state index is -0.419. The molecule has 1 aromatic carbocycles. The van der Waals surface area contributed by atoms with Crippen molar-refractivity contribution in [1.82, 2.24) is 4.90 Å². The Kier molecular flexibility index (Phi) is 3.79. The van der Waals surface area contributed by atoms with E-state index in [2.05, 4.69) is 12.2 Å². The number of hydrogen-bond donors (Lipinski definition) is 0. The molecule has 0 saturated carbocycles. The number of hydrogen-bond acceptors (Lipinski definition) is 1. The predicted octanol–water partition coefficient (Wildman–Crippen LogP) is 3.73. The Morgan fingerprint density at radius 1 is 1.40 bits per heavy atom. The normalized spacial score (nSPS) is 24.2.